The van der Waals surface area contributed by atoms with Gasteiger partial charge in [0.05, 0.1) is 0 Å². The van der Waals surface area contributed by atoms with Gasteiger partial charge in [0.25, 0.3) is 0 Å². The first-order valence-electron chi connectivity index (χ1n) is 6.90. The zero-order valence-electron chi connectivity index (χ0n) is 11.4. The summed E-state index contributed by atoms with van der Waals surface area (Å²) >= 11 is 0. The van der Waals surface area contributed by atoms with Gasteiger partial charge in [-0.05, 0) is 35.4 Å². The number of nitrogens with one attached hydrogen (secondary N) is 2. The number of pyridine rings is 1. The molecule has 1 aliphatic rings. The fourth-order valence-corrected chi connectivity index (χ4v) is 2.55. The number of fused-ring (bicyclic) bond motifs is 2. The average Bonchev–Trinajstić information content (AvgIpc) is 3.14. The standard InChI is InChI=1S/C16H15N3O2/c1-2-13-12(9-19-16(13)18-5-1)8-17-7-11-3-4-14-15(6-11)21-10-20-14/h1-6,9,17H,7-8,10H2,(H,18,19). The van der Waals surface area contributed by atoms with Crippen molar-refractivity contribution in [3.05, 3.63) is 53.9 Å². The van der Waals surface area contributed by atoms with Crippen molar-refractivity contribution in [1.29, 1.82) is 0 Å². The third-order valence-corrected chi connectivity index (χ3v) is 3.62. The van der Waals surface area contributed by atoms with Gasteiger partial charge < -0.3 is 19.8 Å². The van der Waals surface area contributed by atoms with E-state index in [0.717, 1.165) is 35.6 Å². The largest absolute Gasteiger partial charge is 0.454 e. The number of nitrogens with zero attached hydrogens (tertiary/aromatic N) is 1. The number of benzene rings is 1. The molecule has 0 radical (unpaired) electrons. The Hall–Kier alpha value is -2.53. The Balaban J connectivity index is 1.43. The maximum atomic E-state index is 5.39. The Bertz CT molecular complexity index is 782. The molecule has 1 aliphatic heterocycles. The van der Waals surface area contributed by atoms with Crippen LogP contribution in [-0.2, 0) is 13.1 Å². The highest BCUT2D eigenvalue weighted by Gasteiger charge is 2.13. The summed E-state index contributed by atoms with van der Waals surface area (Å²) in [5.41, 5.74) is 3.33. The van der Waals surface area contributed by atoms with E-state index < -0.39 is 0 Å². The normalized spacial score (nSPS) is 13.0. The van der Waals surface area contributed by atoms with Crippen LogP contribution < -0.4 is 14.8 Å². The van der Waals surface area contributed by atoms with Crippen molar-refractivity contribution in [1.82, 2.24) is 15.3 Å². The first-order chi connectivity index (χ1) is 10.4. The minimum absolute atomic E-state index is 0.314. The summed E-state index contributed by atoms with van der Waals surface area (Å²) in [6, 6.07) is 10.1. The molecule has 0 aliphatic carbocycles. The molecule has 0 spiro atoms. The summed E-state index contributed by atoms with van der Waals surface area (Å²) in [5.74, 6) is 1.65. The van der Waals surface area contributed by atoms with Gasteiger partial charge in [-0.1, -0.05) is 6.07 Å². The number of hydrogen-bond donors (Lipinski definition) is 2. The molecule has 21 heavy (non-hydrogen) atoms. The van der Waals surface area contributed by atoms with Crippen LogP contribution >= 0.6 is 0 Å². The SMILES string of the molecule is c1cnc2[nH]cc(CNCc3ccc4c(c3)OCO4)c2c1. The van der Waals surface area contributed by atoms with E-state index in [1.54, 1.807) is 6.20 Å². The number of rotatable bonds is 4. The van der Waals surface area contributed by atoms with E-state index in [0.29, 0.717) is 6.79 Å². The van der Waals surface area contributed by atoms with E-state index in [-0.39, 0.29) is 0 Å². The molecule has 5 nitrogen and oxygen atoms in total. The summed E-state index contributed by atoms with van der Waals surface area (Å²) in [6.07, 6.45) is 3.80. The monoisotopic (exact) mass is 281 g/mol. The Labute approximate surface area is 121 Å². The predicted octanol–water partition coefficient (Wildman–Crippen LogP) is 2.58. The topological polar surface area (TPSA) is 59.2 Å². The van der Waals surface area contributed by atoms with Crippen LogP contribution in [0.5, 0.6) is 11.5 Å². The number of ether oxygens (including phenoxy) is 2. The zero-order chi connectivity index (χ0) is 14.1. The Morgan fingerprint density at radius 3 is 3.10 bits per heavy atom. The molecule has 3 aromatic rings. The number of hydrogen-bond acceptors (Lipinski definition) is 4. The Kier molecular flexibility index (Phi) is 2.97. The van der Waals surface area contributed by atoms with Gasteiger partial charge in [0.15, 0.2) is 11.5 Å². The lowest BCUT2D eigenvalue weighted by Gasteiger charge is -2.05. The molecule has 106 valence electrons. The van der Waals surface area contributed by atoms with Crippen LogP contribution in [0, 0.1) is 0 Å². The molecule has 0 bridgehead atoms. The van der Waals surface area contributed by atoms with Crippen LogP contribution in [0.25, 0.3) is 11.0 Å². The molecule has 2 N–H and O–H groups in total. The molecule has 0 fully saturated rings. The van der Waals surface area contributed by atoms with Crippen molar-refractivity contribution in [2.75, 3.05) is 6.79 Å². The van der Waals surface area contributed by atoms with E-state index in [9.17, 15) is 0 Å². The third-order valence-electron chi connectivity index (χ3n) is 3.62. The van der Waals surface area contributed by atoms with Gasteiger partial charge in [-0.3, -0.25) is 0 Å². The van der Waals surface area contributed by atoms with Crippen molar-refractivity contribution in [2.45, 2.75) is 13.1 Å². The number of H-pyrrole nitrogens is 1. The summed E-state index contributed by atoms with van der Waals surface area (Å²) < 4.78 is 10.7. The third kappa shape index (κ3) is 2.32. The van der Waals surface area contributed by atoms with E-state index in [2.05, 4.69) is 27.4 Å². The van der Waals surface area contributed by atoms with Crippen molar-refractivity contribution in [3.8, 4) is 11.5 Å². The summed E-state index contributed by atoms with van der Waals surface area (Å²) in [5, 5.41) is 4.61. The quantitative estimate of drug-likeness (QED) is 0.771. The molecule has 0 atom stereocenters. The lowest BCUT2D eigenvalue weighted by molar-refractivity contribution is 0.174. The first-order valence-corrected chi connectivity index (χ1v) is 6.90. The molecule has 5 heteroatoms. The maximum absolute atomic E-state index is 5.39. The average molecular weight is 281 g/mol. The second-order valence-corrected chi connectivity index (χ2v) is 5.00. The van der Waals surface area contributed by atoms with Crippen molar-refractivity contribution >= 4 is 11.0 Å². The minimum Gasteiger partial charge on any atom is -0.454 e. The fraction of sp³-hybridized carbons (Fsp3) is 0.188. The van der Waals surface area contributed by atoms with Crippen LogP contribution in [0.3, 0.4) is 0 Å². The minimum atomic E-state index is 0.314. The summed E-state index contributed by atoms with van der Waals surface area (Å²) in [6.45, 7) is 1.89. The van der Waals surface area contributed by atoms with Crippen LogP contribution in [-0.4, -0.2) is 16.8 Å². The Morgan fingerprint density at radius 2 is 2.10 bits per heavy atom. The van der Waals surface area contributed by atoms with Gasteiger partial charge in [-0.25, -0.2) is 4.98 Å². The van der Waals surface area contributed by atoms with Crippen molar-refractivity contribution in [2.24, 2.45) is 0 Å². The van der Waals surface area contributed by atoms with Crippen LogP contribution in [0.2, 0.25) is 0 Å². The van der Waals surface area contributed by atoms with Crippen LogP contribution in [0.15, 0.2) is 42.7 Å². The molecule has 1 aromatic carbocycles. The highest BCUT2D eigenvalue weighted by atomic mass is 16.7. The molecular formula is C16H15N3O2. The molecule has 2 aromatic heterocycles. The van der Waals surface area contributed by atoms with E-state index in [4.69, 9.17) is 9.47 Å². The van der Waals surface area contributed by atoms with Gasteiger partial charge in [0, 0.05) is 30.9 Å². The lowest BCUT2D eigenvalue weighted by atomic mass is 10.2. The molecule has 3 heterocycles. The second kappa shape index (κ2) is 5.10. The Morgan fingerprint density at radius 1 is 1.14 bits per heavy atom. The second-order valence-electron chi connectivity index (χ2n) is 5.00. The summed E-state index contributed by atoms with van der Waals surface area (Å²) in [7, 11) is 0. The number of aromatic nitrogens is 2. The van der Waals surface area contributed by atoms with Gasteiger partial charge in [-0.2, -0.15) is 0 Å². The van der Waals surface area contributed by atoms with Gasteiger partial charge in [0.1, 0.15) is 5.65 Å². The highest BCUT2D eigenvalue weighted by molar-refractivity contribution is 5.79. The van der Waals surface area contributed by atoms with Crippen LogP contribution in [0.1, 0.15) is 11.1 Å². The van der Waals surface area contributed by atoms with E-state index >= 15 is 0 Å². The smallest absolute Gasteiger partial charge is 0.231 e. The van der Waals surface area contributed by atoms with Crippen molar-refractivity contribution < 1.29 is 9.47 Å². The van der Waals surface area contributed by atoms with Crippen molar-refractivity contribution in [3.63, 3.8) is 0 Å². The zero-order valence-corrected chi connectivity index (χ0v) is 11.4. The van der Waals surface area contributed by atoms with E-state index in [1.807, 2.05) is 24.4 Å². The molecule has 4 rings (SSSR count). The molecular weight excluding hydrogens is 266 g/mol. The lowest BCUT2D eigenvalue weighted by Crippen LogP contribution is -2.12. The molecule has 0 unspecified atom stereocenters. The van der Waals surface area contributed by atoms with Gasteiger partial charge >= 0.3 is 0 Å². The summed E-state index contributed by atoms with van der Waals surface area (Å²) in [4.78, 5) is 7.48. The highest BCUT2D eigenvalue weighted by Crippen LogP contribution is 2.32. The maximum Gasteiger partial charge on any atom is 0.231 e. The predicted molar refractivity (Wildman–Crippen MR) is 79.2 cm³/mol. The van der Waals surface area contributed by atoms with E-state index in [1.165, 1.54) is 11.1 Å². The fourth-order valence-electron chi connectivity index (χ4n) is 2.55. The first kappa shape index (κ1) is 12.2. The molecule has 0 saturated heterocycles. The number of aromatic amines is 1. The van der Waals surface area contributed by atoms with Crippen LogP contribution in [0.4, 0.5) is 0 Å². The molecule has 0 amide bonds. The molecule has 0 saturated carbocycles. The van der Waals surface area contributed by atoms with Gasteiger partial charge in [-0.15, -0.1) is 0 Å². The van der Waals surface area contributed by atoms with Gasteiger partial charge in [0.2, 0.25) is 6.79 Å².